The lowest BCUT2D eigenvalue weighted by molar-refractivity contribution is 0.0713. The number of aromatic nitrogens is 1. The van der Waals surface area contributed by atoms with Crippen molar-refractivity contribution in [2.24, 2.45) is 0 Å². The van der Waals surface area contributed by atoms with Gasteiger partial charge in [-0.25, -0.2) is 9.18 Å². The number of rotatable bonds is 6. The standard InChI is InChI=1S/C34H32FN5O2/c35-29-10-7-24(8-11-29)6-9-27-22-31(39-34(42)38-18-14-25-3-2-17-37-23-25)12-13-32(27)26-15-19-40(20-16-26)33(41)28-4-1-5-30(36)21-28/h1-5,7-8,10-13,17,21-23,26H,14-16,18-20,36H2,(H2,38,39,42). The molecule has 1 aliphatic heterocycles. The minimum atomic E-state index is -0.318. The van der Waals surface area contributed by atoms with Crippen LogP contribution in [0.3, 0.4) is 0 Å². The number of urea groups is 1. The van der Waals surface area contributed by atoms with Crippen LogP contribution >= 0.6 is 0 Å². The van der Waals surface area contributed by atoms with E-state index in [2.05, 4.69) is 27.5 Å². The molecule has 42 heavy (non-hydrogen) atoms. The second kappa shape index (κ2) is 13.5. The van der Waals surface area contributed by atoms with Gasteiger partial charge in [0, 0.05) is 60.1 Å². The Bertz CT molecular complexity index is 1600. The number of nitrogens with zero attached hydrogens (tertiary/aromatic N) is 2. The fraction of sp³-hybridized carbons (Fsp3) is 0.206. The maximum atomic E-state index is 13.4. The Kier molecular flexibility index (Phi) is 9.10. The molecule has 1 aliphatic rings. The molecule has 212 valence electrons. The van der Waals surface area contributed by atoms with E-state index in [1.807, 2.05) is 35.2 Å². The first-order valence-electron chi connectivity index (χ1n) is 13.9. The summed E-state index contributed by atoms with van der Waals surface area (Å²) in [6.07, 6.45) is 5.73. The van der Waals surface area contributed by atoms with Gasteiger partial charge in [0.05, 0.1) is 0 Å². The average molecular weight is 562 g/mol. The summed E-state index contributed by atoms with van der Waals surface area (Å²) in [6.45, 7) is 1.70. The van der Waals surface area contributed by atoms with Crippen molar-refractivity contribution in [1.29, 1.82) is 0 Å². The van der Waals surface area contributed by atoms with Gasteiger partial charge in [0.2, 0.25) is 0 Å². The van der Waals surface area contributed by atoms with E-state index in [0.717, 1.165) is 29.5 Å². The maximum Gasteiger partial charge on any atom is 0.319 e. The Morgan fingerprint density at radius 1 is 0.976 bits per heavy atom. The van der Waals surface area contributed by atoms with Crippen molar-refractivity contribution in [3.8, 4) is 11.8 Å². The van der Waals surface area contributed by atoms with Gasteiger partial charge in [-0.2, -0.15) is 0 Å². The molecule has 0 bridgehead atoms. The highest BCUT2D eigenvalue weighted by atomic mass is 19.1. The summed E-state index contributed by atoms with van der Waals surface area (Å²) < 4.78 is 13.4. The van der Waals surface area contributed by atoms with Gasteiger partial charge in [0.1, 0.15) is 5.82 Å². The van der Waals surface area contributed by atoms with Gasteiger partial charge in [0.15, 0.2) is 0 Å². The van der Waals surface area contributed by atoms with Crippen molar-refractivity contribution in [3.63, 3.8) is 0 Å². The van der Waals surface area contributed by atoms with E-state index in [4.69, 9.17) is 5.73 Å². The van der Waals surface area contributed by atoms with Crippen LogP contribution in [0.2, 0.25) is 0 Å². The molecule has 8 heteroatoms. The molecule has 3 aromatic carbocycles. The van der Waals surface area contributed by atoms with Crippen LogP contribution in [0.4, 0.5) is 20.6 Å². The zero-order valence-corrected chi connectivity index (χ0v) is 23.1. The molecular weight excluding hydrogens is 529 g/mol. The number of piperidine rings is 1. The average Bonchev–Trinajstić information content (AvgIpc) is 3.01. The second-order valence-corrected chi connectivity index (χ2v) is 10.2. The third-order valence-corrected chi connectivity index (χ3v) is 7.27. The number of pyridine rings is 1. The summed E-state index contributed by atoms with van der Waals surface area (Å²) in [5.74, 6) is 6.22. The number of nitrogens with one attached hydrogen (secondary N) is 2. The quantitative estimate of drug-likeness (QED) is 0.211. The number of likely N-dealkylation sites (tertiary alicyclic amines) is 1. The molecule has 4 N–H and O–H groups in total. The van der Waals surface area contributed by atoms with Crippen molar-refractivity contribution in [2.75, 3.05) is 30.7 Å². The third-order valence-electron chi connectivity index (χ3n) is 7.27. The summed E-state index contributed by atoms with van der Waals surface area (Å²) in [4.78, 5) is 31.6. The first kappa shape index (κ1) is 28.4. The van der Waals surface area contributed by atoms with Gasteiger partial charge < -0.3 is 21.3 Å². The van der Waals surface area contributed by atoms with E-state index >= 15 is 0 Å². The van der Waals surface area contributed by atoms with E-state index in [1.165, 1.54) is 12.1 Å². The van der Waals surface area contributed by atoms with E-state index in [9.17, 15) is 14.0 Å². The molecule has 0 unspecified atom stereocenters. The zero-order chi connectivity index (χ0) is 29.3. The normalized spacial score (nSPS) is 13.1. The molecule has 2 heterocycles. The Balaban J connectivity index is 1.29. The second-order valence-electron chi connectivity index (χ2n) is 10.2. The highest BCUT2D eigenvalue weighted by Gasteiger charge is 2.26. The molecule has 1 aromatic heterocycles. The number of anilines is 2. The molecule has 0 radical (unpaired) electrons. The zero-order valence-electron chi connectivity index (χ0n) is 23.1. The lowest BCUT2D eigenvalue weighted by Gasteiger charge is -2.33. The highest BCUT2D eigenvalue weighted by molar-refractivity contribution is 5.95. The number of benzene rings is 3. The van der Waals surface area contributed by atoms with Gasteiger partial charge in [-0.3, -0.25) is 9.78 Å². The topological polar surface area (TPSA) is 100 Å². The van der Waals surface area contributed by atoms with Crippen molar-refractivity contribution in [2.45, 2.75) is 25.2 Å². The Hall–Kier alpha value is -5.16. The van der Waals surface area contributed by atoms with Crippen LogP contribution in [0.1, 0.15) is 51.4 Å². The Labute approximate surface area is 245 Å². The first-order valence-corrected chi connectivity index (χ1v) is 13.9. The van der Waals surface area contributed by atoms with Crippen LogP contribution in [0.15, 0.2) is 91.3 Å². The van der Waals surface area contributed by atoms with Crippen LogP contribution in [0.25, 0.3) is 0 Å². The molecule has 4 aromatic rings. The SMILES string of the molecule is Nc1cccc(C(=O)N2CCC(c3ccc(NC(=O)NCCc4cccnc4)cc3C#Cc3ccc(F)cc3)CC2)c1. The Morgan fingerprint density at radius 3 is 2.52 bits per heavy atom. The molecule has 7 nitrogen and oxygen atoms in total. The van der Waals surface area contributed by atoms with Crippen LogP contribution < -0.4 is 16.4 Å². The number of nitrogen functional groups attached to an aromatic ring is 1. The summed E-state index contributed by atoms with van der Waals surface area (Å²) >= 11 is 0. The molecule has 0 atom stereocenters. The molecule has 1 saturated heterocycles. The predicted octanol–water partition coefficient (Wildman–Crippen LogP) is 5.59. The number of amides is 3. The predicted molar refractivity (Wildman–Crippen MR) is 163 cm³/mol. The molecule has 3 amide bonds. The summed E-state index contributed by atoms with van der Waals surface area (Å²) in [5.41, 5.74) is 11.2. The highest BCUT2D eigenvalue weighted by Crippen LogP contribution is 2.32. The van der Waals surface area contributed by atoms with Crippen LogP contribution in [-0.4, -0.2) is 41.5 Å². The van der Waals surface area contributed by atoms with Crippen molar-refractivity contribution in [3.05, 3.63) is 125 Å². The van der Waals surface area contributed by atoms with Gasteiger partial charge >= 0.3 is 6.03 Å². The summed E-state index contributed by atoms with van der Waals surface area (Å²) in [6, 6.07) is 22.4. The van der Waals surface area contributed by atoms with Crippen LogP contribution in [-0.2, 0) is 6.42 Å². The molecule has 5 rings (SSSR count). The summed E-state index contributed by atoms with van der Waals surface area (Å²) in [5, 5.41) is 5.78. The lowest BCUT2D eigenvalue weighted by atomic mass is 9.86. The number of hydrogen-bond donors (Lipinski definition) is 3. The van der Waals surface area contributed by atoms with E-state index in [0.29, 0.717) is 48.6 Å². The third kappa shape index (κ3) is 7.52. The number of halogens is 1. The smallest absolute Gasteiger partial charge is 0.319 e. The molecular formula is C34H32FN5O2. The maximum absolute atomic E-state index is 13.4. The van der Waals surface area contributed by atoms with Crippen molar-refractivity contribution >= 4 is 23.3 Å². The van der Waals surface area contributed by atoms with Gasteiger partial charge in [-0.1, -0.05) is 30.0 Å². The minimum Gasteiger partial charge on any atom is -0.399 e. The molecule has 0 spiro atoms. The molecule has 1 fully saturated rings. The fourth-order valence-corrected chi connectivity index (χ4v) is 5.06. The largest absolute Gasteiger partial charge is 0.399 e. The number of hydrogen-bond acceptors (Lipinski definition) is 4. The lowest BCUT2D eigenvalue weighted by Crippen LogP contribution is -2.38. The molecule has 0 saturated carbocycles. The van der Waals surface area contributed by atoms with Crippen LogP contribution in [0.5, 0.6) is 0 Å². The van der Waals surface area contributed by atoms with Gasteiger partial charge in [0.25, 0.3) is 5.91 Å². The van der Waals surface area contributed by atoms with Gasteiger partial charge in [-0.15, -0.1) is 0 Å². The fourth-order valence-electron chi connectivity index (χ4n) is 5.06. The van der Waals surface area contributed by atoms with E-state index < -0.39 is 0 Å². The van der Waals surface area contributed by atoms with Crippen LogP contribution in [0, 0.1) is 17.7 Å². The monoisotopic (exact) mass is 561 g/mol. The van der Waals surface area contributed by atoms with Crippen molar-refractivity contribution in [1.82, 2.24) is 15.2 Å². The molecule has 0 aliphatic carbocycles. The minimum absolute atomic E-state index is 0.0221. The Morgan fingerprint density at radius 2 is 1.79 bits per heavy atom. The number of carbonyl (C=O) groups is 2. The number of nitrogens with two attached hydrogens (primary N) is 1. The van der Waals surface area contributed by atoms with Gasteiger partial charge in [-0.05, 0) is 97.0 Å². The summed E-state index contributed by atoms with van der Waals surface area (Å²) in [7, 11) is 0. The van der Waals surface area contributed by atoms with E-state index in [-0.39, 0.29) is 23.7 Å². The first-order chi connectivity index (χ1) is 20.4. The van der Waals surface area contributed by atoms with Crippen molar-refractivity contribution < 1.29 is 14.0 Å². The van der Waals surface area contributed by atoms with E-state index in [1.54, 1.807) is 48.8 Å². The number of carbonyl (C=O) groups excluding carboxylic acids is 2.